The van der Waals surface area contributed by atoms with Gasteiger partial charge in [-0.15, -0.1) is 0 Å². The molecule has 1 atom stereocenters. The van der Waals surface area contributed by atoms with Crippen molar-refractivity contribution < 1.29 is 18.0 Å². The number of nitrogens with zero attached hydrogens (tertiary/aromatic N) is 2. The van der Waals surface area contributed by atoms with Gasteiger partial charge in [0.1, 0.15) is 12.6 Å². The van der Waals surface area contributed by atoms with E-state index in [4.69, 9.17) is 0 Å². The minimum atomic E-state index is -3.81. The number of halogens is 1. The fraction of sp³-hybridized carbons (Fsp3) is 0.333. The van der Waals surface area contributed by atoms with Gasteiger partial charge in [0.25, 0.3) is 0 Å². The second-order valence-electron chi connectivity index (χ2n) is 10.0. The van der Waals surface area contributed by atoms with Gasteiger partial charge in [-0.1, -0.05) is 70.5 Å². The van der Waals surface area contributed by atoms with Crippen molar-refractivity contribution in [3.8, 4) is 0 Å². The smallest absolute Gasteiger partial charge is 0.244 e. The molecule has 0 heterocycles. The molecular weight excluding hydrogens is 578 g/mol. The van der Waals surface area contributed by atoms with Crippen molar-refractivity contribution in [1.29, 1.82) is 0 Å². The number of anilines is 1. The molecule has 0 fully saturated rings. The summed E-state index contributed by atoms with van der Waals surface area (Å²) in [5, 5.41) is 2.95. The number of benzene rings is 3. The van der Waals surface area contributed by atoms with E-state index >= 15 is 0 Å². The summed E-state index contributed by atoms with van der Waals surface area (Å²) in [5.41, 5.74) is 3.83. The lowest BCUT2D eigenvalue weighted by atomic mass is 10.0. The standard InChI is InChI=1S/C30H36BrN3O4S/c1-21(2)32-30(36)28(18-24-12-7-6-8-13-24)33(19-25-14-10-15-26(31)17-25)29(35)20-34(39(5,37)38)27-16-9-11-22(3)23(27)4/h6-17,21,28H,18-20H2,1-5H3,(H,32,36). The predicted octanol–water partition coefficient (Wildman–Crippen LogP) is 5.00. The van der Waals surface area contributed by atoms with Crippen LogP contribution in [0, 0.1) is 13.8 Å². The molecule has 0 saturated heterocycles. The Morgan fingerprint density at radius 3 is 2.18 bits per heavy atom. The minimum absolute atomic E-state index is 0.131. The number of aryl methyl sites for hydroxylation is 1. The first-order valence-corrected chi connectivity index (χ1v) is 15.4. The molecule has 1 unspecified atom stereocenters. The summed E-state index contributed by atoms with van der Waals surface area (Å²) in [5.74, 6) is -0.768. The van der Waals surface area contributed by atoms with Crippen LogP contribution in [0.2, 0.25) is 0 Å². The van der Waals surface area contributed by atoms with Crippen LogP contribution in [0.1, 0.15) is 36.1 Å². The van der Waals surface area contributed by atoms with E-state index < -0.39 is 28.5 Å². The average Bonchev–Trinajstić information content (AvgIpc) is 2.86. The van der Waals surface area contributed by atoms with Crippen LogP contribution in [0.5, 0.6) is 0 Å². The van der Waals surface area contributed by atoms with Crippen LogP contribution >= 0.6 is 15.9 Å². The Labute approximate surface area is 240 Å². The molecule has 7 nitrogen and oxygen atoms in total. The number of nitrogens with one attached hydrogen (secondary N) is 1. The van der Waals surface area contributed by atoms with Crippen LogP contribution < -0.4 is 9.62 Å². The first-order valence-electron chi connectivity index (χ1n) is 12.8. The molecule has 1 N–H and O–H groups in total. The number of hydrogen-bond donors (Lipinski definition) is 1. The first-order chi connectivity index (χ1) is 18.4. The molecule has 208 valence electrons. The van der Waals surface area contributed by atoms with Gasteiger partial charge in [0, 0.05) is 23.5 Å². The highest BCUT2D eigenvalue weighted by atomic mass is 79.9. The Morgan fingerprint density at radius 2 is 1.56 bits per heavy atom. The first kappa shape index (κ1) is 30.4. The molecule has 0 bridgehead atoms. The molecule has 3 rings (SSSR count). The summed E-state index contributed by atoms with van der Waals surface area (Å²) >= 11 is 3.48. The van der Waals surface area contributed by atoms with E-state index in [2.05, 4.69) is 21.2 Å². The molecule has 0 aromatic heterocycles. The Kier molecular flexibility index (Phi) is 10.3. The SMILES string of the molecule is Cc1cccc(N(CC(=O)N(Cc2cccc(Br)c2)C(Cc2ccccc2)C(=O)NC(C)C)S(C)(=O)=O)c1C. The van der Waals surface area contributed by atoms with Crippen molar-refractivity contribution in [1.82, 2.24) is 10.2 Å². The second kappa shape index (κ2) is 13.3. The molecule has 0 aliphatic heterocycles. The molecule has 0 spiro atoms. The van der Waals surface area contributed by atoms with E-state index in [1.165, 1.54) is 4.90 Å². The summed E-state index contributed by atoms with van der Waals surface area (Å²) in [4.78, 5) is 29.2. The van der Waals surface area contributed by atoms with E-state index in [0.717, 1.165) is 37.3 Å². The summed E-state index contributed by atoms with van der Waals surface area (Å²) in [6.07, 6.45) is 1.37. The van der Waals surface area contributed by atoms with Crippen LogP contribution in [0.3, 0.4) is 0 Å². The van der Waals surface area contributed by atoms with Crippen molar-refractivity contribution in [2.75, 3.05) is 17.1 Å². The highest BCUT2D eigenvalue weighted by Gasteiger charge is 2.33. The lowest BCUT2D eigenvalue weighted by molar-refractivity contribution is -0.140. The zero-order valence-corrected chi connectivity index (χ0v) is 25.4. The largest absolute Gasteiger partial charge is 0.352 e. The van der Waals surface area contributed by atoms with Crippen molar-refractivity contribution >= 4 is 43.5 Å². The third-order valence-electron chi connectivity index (χ3n) is 6.47. The Bertz CT molecular complexity index is 1410. The van der Waals surface area contributed by atoms with Crippen molar-refractivity contribution in [2.24, 2.45) is 0 Å². The lowest BCUT2D eigenvalue weighted by Gasteiger charge is -2.34. The quantitative estimate of drug-likeness (QED) is 0.330. The van der Waals surface area contributed by atoms with E-state index in [0.29, 0.717) is 5.69 Å². The molecule has 0 radical (unpaired) electrons. The van der Waals surface area contributed by atoms with Gasteiger partial charge in [-0.05, 0) is 68.1 Å². The fourth-order valence-electron chi connectivity index (χ4n) is 4.37. The van der Waals surface area contributed by atoms with E-state index in [1.54, 1.807) is 12.1 Å². The molecule has 0 saturated carbocycles. The predicted molar refractivity (Wildman–Crippen MR) is 160 cm³/mol. The van der Waals surface area contributed by atoms with E-state index in [9.17, 15) is 18.0 Å². The number of carbonyl (C=O) groups excluding carboxylic acids is 2. The maximum Gasteiger partial charge on any atom is 0.244 e. The molecule has 3 aromatic carbocycles. The monoisotopic (exact) mass is 613 g/mol. The molecule has 3 aromatic rings. The van der Waals surface area contributed by atoms with Crippen molar-refractivity contribution in [2.45, 2.75) is 52.7 Å². The summed E-state index contributed by atoms with van der Waals surface area (Å²) in [6, 6.07) is 21.4. The lowest BCUT2D eigenvalue weighted by Crippen LogP contribution is -2.54. The number of sulfonamides is 1. The van der Waals surface area contributed by atoms with Gasteiger partial charge in [-0.3, -0.25) is 13.9 Å². The Balaban J connectivity index is 2.08. The third-order valence-corrected chi connectivity index (χ3v) is 8.09. The van der Waals surface area contributed by atoms with Gasteiger partial charge in [-0.25, -0.2) is 8.42 Å². The van der Waals surface area contributed by atoms with Crippen LogP contribution in [-0.2, 0) is 32.6 Å². The summed E-state index contributed by atoms with van der Waals surface area (Å²) < 4.78 is 27.9. The maximum absolute atomic E-state index is 14.1. The van der Waals surface area contributed by atoms with Crippen LogP contribution in [0.15, 0.2) is 77.3 Å². The number of amides is 2. The Morgan fingerprint density at radius 1 is 0.923 bits per heavy atom. The maximum atomic E-state index is 14.1. The number of carbonyl (C=O) groups is 2. The van der Waals surface area contributed by atoms with Crippen LogP contribution in [0.4, 0.5) is 5.69 Å². The molecular formula is C30H36BrN3O4S. The van der Waals surface area contributed by atoms with Crippen molar-refractivity contribution in [3.63, 3.8) is 0 Å². The topological polar surface area (TPSA) is 86.8 Å². The fourth-order valence-corrected chi connectivity index (χ4v) is 5.71. The zero-order chi connectivity index (χ0) is 28.7. The van der Waals surface area contributed by atoms with Gasteiger partial charge in [-0.2, -0.15) is 0 Å². The van der Waals surface area contributed by atoms with Gasteiger partial charge in [0.2, 0.25) is 21.8 Å². The van der Waals surface area contributed by atoms with Crippen LogP contribution in [-0.4, -0.2) is 50.0 Å². The third kappa shape index (κ3) is 8.41. The molecule has 39 heavy (non-hydrogen) atoms. The van der Waals surface area contributed by atoms with Crippen LogP contribution in [0.25, 0.3) is 0 Å². The van der Waals surface area contributed by atoms with Gasteiger partial charge >= 0.3 is 0 Å². The molecule has 0 aliphatic rings. The van der Waals surface area contributed by atoms with E-state index in [-0.39, 0.29) is 24.9 Å². The van der Waals surface area contributed by atoms with Crippen molar-refractivity contribution in [3.05, 3.63) is 99.5 Å². The van der Waals surface area contributed by atoms with Gasteiger partial charge in [0.15, 0.2) is 0 Å². The highest BCUT2D eigenvalue weighted by molar-refractivity contribution is 9.10. The zero-order valence-electron chi connectivity index (χ0n) is 23.0. The molecule has 9 heteroatoms. The summed E-state index contributed by atoms with van der Waals surface area (Å²) in [7, 11) is -3.81. The highest BCUT2D eigenvalue weighted by Crippen LogP contribution is 2.26. The Hall–Kier alpha value is -3.17. The molecule has 2 amide bonds. The minimum Gasteiger partial charge on any atom is -0.352 e. The second-order valence-corrected chi connectivity index (χ2v) is 12.8. The number of rotatable bonds is 11. The molecule has 0 aliphatic carbocycles. The number of hydrogen-bond acceptors (Lipinski definition) is 4. The van der Waals surface area contributed by atoms with E-state index in [1.807, 2.05) is 88.4 Å². The normalized spacial score (nSPS) is 12.2. The summed E-state index contributed by atoms with van der Waals surface area (Å²) in [6.45, 7) is 7.16. The average molecular weight is 615 g/mol. The van der Waals surface area contributed by atoms with Gasteiger partial charge < -0.3 is 10.2 Å². The van der Waals surface area contributed by atoms with Gasteiger partial charge in [0.05, 0.1) is 11.9 Å².